The van der Waals surface area contributed by atoms with Gasteiger partial charge in [-0.25, -0.2) is 0 Å². The predicted octanol–water partition coefficient (Wildman–Crippen LogP) is 4.64. The molecule has 0 aliphatic heterocycles. The van der Waals surface area contributed by atoms with Crippen molar-refractivity contribution in [2.75, 3.05) is 0 Å². The van der Waals surface area contributed by atoms with E-state index in [0.29, 0.717) is 6.61 Å². The second kappa shape index (κ2) is 6.91. The van der Waals surface area contributed by atoms with Crippen LogP contribution in [0, 0.1) is 0 Å². The second-order valence-corrected chi connectivity index (χ2v) is 5.73. The second-order valence-electron chi connectivity index (χ2n) is 4.82. The van der Waals surface area contributed by atoms with Gasteiger partial charge in [-0.05, 0) is 42.7 Å². The van der Waals surface area contributed by atoms with E-state index in [9.17, 15) is 5.11 Å². The summed E-state index contributed by atoms with van der Waals surface area (Å²) in [5, 5.41) is 9.79. The van der Waals surface area contributed by atoms with E-state index in [0.717, 1.165) is 27.8 Å². The molecule has 0 amide bonds. The first kappa shape index (κ1) is 15.1. The van der Waals surface area contributed by atoms with E-state index in [1.807, 2.05) is 18.2 Å². The highest BCUT2D eigenvalue weighted by Gasteiger charge is 2.10. The Morgan fingerprint density at radius 3 is 2.35 bits per heavy atom. The zero-order valence-corrected chi connectivity index (χ0v) is 13.4. The zero-order valence-electron chi connectivity index (χ0n) is 11.8. The highest BCUT2D eigenvalue weighted by Crippen LogP contribution is 2.29. The highest BCUT2D eigenvalue weighted by atomic mass is 79.9. The molecule has 1 atom stereocenters. The van der Waals surface area contributed by atoms with Gasteiger partial charge in [0.2, 0.25) is 0 Å². The third kappa shape index (κ3) is 3.84. The van der Waals surface area contributed by atoms with Crippen molar-refractivity contribution in [2.24, 2.45) is 0 Å². The fourth-order valence-electron chi connectivity index (χ4n) is 2.01. The Kier molecular flexibility index (Phi) is 5.21. The van der Waals surface area contributed by atoms with Crippen LogP contribution in [0.1, 0.15) is 36.6 Å². The van der Waals surface area contributed by atoms with Crippen LogP contribution >= 0.6 is 15.9 Å². The van der Waals surface area contributed by atoms with Crippen LogP contribution in [-0.2, 0) is 13.0 Å². The summed E-state index contributed by atoms with van der Waals surface area (Å²) >= 11 is 3.41. The molecule has 20 heavy (non-hydrogen) atoms. The molecule has 0 aromatic heterocycles. The van der Waals surface area contributed by atoms with Crippen LogP contribution in [0.3, 0.4) is 0 Å². The SMILES string of the molecule is CCc1ccc(COc2ccc(Br)cc2C(C)O)cc1. The van der Waals surface area contributed by atoms with Gasteiger partial charge in [-0.1, -0.05) is 47.1 Å². The van der Waals surface area contributed by atoms with Crippen LogP contribution in [0.2, 0.25) is 0 Å². The average Bonchev–Trinajstić information content (AvgIpc) is 2.46. The first-order chi connectivity index (χ1) is 9.60. The first-order valence-corrected chi connectivity index (χ1v) is 7.57. The first-order valence-electron chi connectivity index (χ1n) is 6.78. The lowest BCUT2D eigenvalue weighted by atomic mass is 10.1. The molecule has 0 saturated heterocycles. The molecule has 2 rings (SSSR count). The minimum Gasteiger partial charge on any atom is -0.489 e. The number of aliphatic hydroxyl groups is 1. The molecule has 2 aromatic carbocycles. The van der Waals surface area contributed by atoms with Crippen LogP contribution in [0.25, 0.3) is 0 Å². The monoisotopic (exact) mass is 334 g/mol. The molecule has 3 heteroatoms. The number of hydrogen-bond acceptors (Lipinski definition) is 2. The quantitative estimate of drug-likeness (QED) is 0.862. The lowest BCUT2D eigenvalue weighted by Crippen LogP contribution is -2.01. The average molecular weight is 335 g/mol. The van der Waals surface area contributed by atoms with Crippen molar-refractivity contribution in [3.63, 3.8) is 0 Å². The van der Waals surface area contributed by atoms with Gasteiger partial charge in [0.25, 0.3) is 0 Å². The Morgan fingerprint density at radius 2 is 1.75 bits per heavy atom. The van der Waals surface area contributed by atoms with Crippen LogP contribution in [0.15, 0.2) is 46.9 Å². The van der Waals surface area contributed by atoms with E-state index in [1.54, 1.807) is 6.92 Å². The van der Waals surface area contributed by atoms with Gasteiger partial charge in [-0.2, -0.15) is 0 Å². The zero-order chi connectivity index (χ0) is 14.5. The lowest BCUT2D eigenvalue weighted by molar-refractivity contribution is 0.190. The van der Waals surface area contributed by atoms with E-state index >= 15 is 0 Å². The number of rotatable bonds is 5. The van der Waals surface area contributed by atoms with Gasteiger partial charge in [0.1, 0.15) is 12.4 Å². The van der Waals surface area contributed by atoms with E-state index in [4.69, 9.17) is 4.74 Å². The lowest BCUT2D eigenvalue weighted by Gasteiger charge is -2.14. The summed E-state index contributed by atoms with van der Waals surface area (Å²) in [6.07, 6.45) is 0.491. The molecule has 106 valence electrons. The largest absolute Gasteiger partial charge is 0.489 e. The van der Waals surface area contributed by atoms with Crippen LogP contribution in [-0.4, -0.2) is 5.11 Å². The third-order valence-corrected chi connectivity index (χ3v) is 3.74. The molecule has 0 aliphatic rings. The third-order valence-electron chi connectivity index (χ3n) is 3.25. The smallest absolute Gasteiger partial charge is 0.125 e. The van der Waals surface area contributed by atoms with Gasteiger partial charge >= 0.3 is 0 Å². The molecule has 2 aromatic rings. The van der Waals surface area contributed by atoms with Gasteiger partial charge < -0.3 is 9.84 Å². The number of benzene rings is 2. The Bertz CT molecular complexity index is 562. The van der Waals surface area contributed by atoms with Crippen LogP contribution < -0.4 is 4.74 Å². The summed E-state index contributed by atoms with van der Waals surface area (Å²) in [5.41, 5.74) is 3.24. The molecule has 0 spiro atoms. The Labute approximate surface area is 128 Å². The Hall–Kier alpha value is -1.32. The fraction of sp³-hybridized carbons (Fsp3) is 0.294. The molecule has 0 fully saturated rings. The predicted molar refractivity (Wildman–Crippen MR) is 84.9 cm³/mol. The Balaban J connectivity index is 2.10. The van der Waals surface area contributed by atoms with Gasteiger partial charge in [0.05, 0.1) is 6.10 Å². The van der Waals surface area contributed by atoms with Crippen LogP contribution in [0.4, 0.5) is 0 Å². The van der Waals surface area contributed by atoms with Gasteiger partial charge in [0, 0.05) is 10.0 Å². The number of aryl methyl sites for hydroxylation is 1. The molecule has 0 heterocycles. The van der Waals surface area contributed by atoms with Crippen molar-refractivity contribution in [3.05, 3.63) is 63.6 Å². The van der Waals surface area contributed by atoms with E-state index in [2.05, 4.69) is 47.1 Å². The fourth-order valence-corrected chi connectivity index (χ4v) is 2.39. The standard InChI is InChI=1S/C17H19BrO2/c1-3-13-4-6-14(7-5-13)11-20-17-9-8-15(18)10-16(17)12(2)19/h4-10,12,19H,3,11H2,1-2H3. The summed E-state index contributed by atoms with van der Waals surface area (Å²) in [6, 6.07) is 14.1. The molecular weight excluding hydrogens is 316 g/mol. The van der Waals surface area contributed by atoms with Crippen LogP contribution in [0.5, 0.6) is 5.75 Å². The molecule has 0 aliphatic carbocycles. The molecule has 1 unspecified atom stereocenters. The summed E-state index contributed by atoms with van der Waals surface area (Å²) in [4.78, 5) is 0. The summed E-state index contributed by atoms with van der Waals surface area (Å²) in [5.74, 6) is 0.725. The normalized spacial score (nSPS) is 12.2. The molecule has 1 N–H and O–H groups in total. The van der Waals surface area contributed by atoms with Crippen molar-refractivity contribution in [1.29, 1.82) is 0 Å². The summed E-state index contributed by atoms with van der Waals surface area (Å²) < 4.78 is 6.77. The van der Waals surface area contributed by atoms with E-state index in [1.165, 1.54) is 5.56 Å². The van der Waals surface area contributed by atoms with Gasteiger partial charge in [0.15, 0.2) is 0 Å². The summed E-state index contributed by atoms with van der Waals surface area (Å²) in [7, 11) is 0. The summed E-state index contributed by atoms with van der Waals surface area (Å²) in [6.45, 7) is 4.39. The molecule has 0 bridgehead atoms. The number of hydrogen-bond donors (Lipinski definition) is 1. The number of aliphatic hydroxyl groups excluding tert-OH is 1. The molecule has 0 saturated carbocycles. The highest BCUT2D eigenvalue weighted by molar-refractivity contribution is 9.10. The molecule has 0 radical (unpaired) electrons. The minimum absolute atomic E-state index is 0.505. The molecule has 2 nitrogen and oxygen atoms in total. The number of ether oxygens (including phenoxy) is 1. The van der Waals surface area contributed by atoms with Crippen molar-refractivity contribution in [2.45, 2.75) is 33.0 Å². The van der Waals surface area contributed by atoms with E-state index in [-0.39, 0.29) is 0 Å². The maximum absolute atomic E-state index is 9.79. The topological polar surface area (TPSA) is 29.5 Å². The number of halogens is 1. The van der Waals surface area contributed by atoms with Crippen molar-refractivity contribution in [3.8, 4) is 5.75 Å². The maximum Gasteiger partial charge on any atom is 0.125 e. The van der Waals surface area contributed by atoms with Crippen molar-refractivity contribution < 1.29 is 9.84 Å². The van der Waals surface area contributed by atoms with Gasteiger partial charge in [-0.15, -0.1) is 0 Å². The van der Waals surface area contributed by atoms with Crippen molar-refractivity contribution >= 4 is 15.9 Å². The van der Waals surface area contributed by atoms with E-state index < -0.39 is 6.10 Å². The molecular formula is C17H19BrO2. The minimum atomic E-state index is -0.551. The van der Waals surface area contributed by atoms with Crippen molar-refractivity contribution in [1.82, 2.24) is 0 Å². The van der Waals surface area contributed by atoms with Gasteiger partial charge in [-0.3, -0.25) is 0 Å². The Morgan fingerprint density at radius 1 is 1.10 bits per heavy atom. The maximum atomic E-state index is 9.79.